The molecule has 7 nitrogen and oxygen atoms in total. The SMILES string of the molecule is O=C(Cn1nc(-c2cccs2)ccc1=O)N(c1ccccc1)[C@@H]1CCS(=O)(=O)C1. The molecule has 0 radical (unpaired) electrons. The molecule has 0 bridgehead atoms. The molecule has 4 rings (SSSR count). The second-order valence-electron chi connectivity index (χ2n) is 6.85. The minimum Gasteiger partial charge on any atom is -0.307 e. The highest BCUT2D eigenvalue weighted by molar-refractivity contribution is 7.91. The largest absolute Gasteiger partial charge is 0.307 e. The van der Waals surface area contributed by atoms with Gasteiger partial charge in [0.15, 0.2) is 9.84 Å². The number of carbonyl (C=O) groups is 1. The van der Waals surface area contributed by atoms with Crippen molar-refractivity contribution in [2.75, 3.05) is 16.4 Å². The summed E-state index contributed by atoms with van der Waals surface area (Å²) in [5.41, 5.74) is 0.842. The zero-order chi connectivity index (χ0) is 20.4. The van der Waals surface area contributed by atoms with Gasteiger partial charge in [-0.3, -0.25) is 9.59 Å². The van der Waals surface area contributed by atoms with Gasteiger partial charge in [0.1, 0.15) is 12.2 Å². The van der Waals surface area contributed by atoms with Gasteiger partial charge in [0.2, 0.25) is 5.91 Å². The first kappa shape index (κ1) is 19.5. The molecule has 0 saturated carbocycles. The number of sulfone groups is 1. The third-order valence-electron chi connectivity index (χ3n) is 4.80. The highest BCUT2D eigenvalue weighted by Gasteiger charge is 2.35. The summed E-state index contributed by atoms with van der Waals surface area (Å²) in [6.07, 6.45) is 0.376. The van der Waals surface area contributed by atoms with Crippen molar-refractivity contribution in [3.05, 3.63) is 70.3 Å². The van der Waals surface area contributed by atoms with Crippen LogP contribution >= 0.6 is 11.3 Å². The highest BCUT2D eigenvalue weighted by atomic mass is 32.2. The maximum absolute atomic E-state index is 13.2. The number of nitrogens with zero attached hydrogens (tertiary/aromatic N) is 3. The highest BCUT2D eigenvalue weighted by Crippen LogP contribution is 2.25. The molecule has 29 heavy (non-hydrogen) atoms. The van der Waals surface area contributed by atoms with Crippen LogP contribution < -0.4 is 10.5 Å². The topological polar surface area (TPSA) is 89.3 Å². The summed E-state index contributed by atoms with van der Waals surface area (Å²) >= 11 is 1.49. The number of hydrogen-bond acceptors (Lipinski definition) is 6. The van der Waals surface area contributed by atoms with Gasteiger partial charge in [-0.25, -0.2) is 13.1 Å². The molecule has 1 fully saturated rings. The predicted octanol–water partition coefficient (Wildman–Crippen LogP) is 2.19. The number of aromatic nitrogens is 2. The Balaban J connectivity index is 1.65. The van der Waals surface area contributed by atoms with Gasteiger partial charge in [-0.15, -0.1) is 11.3 Å². The average molecular weight is 430 g/mol. The Morgan fingerprint density at radius 1 is 1.14 bits per heavy atom. The number of rotatable bonds is 5. The van der Waals surface area contributed by atoms with Crippen LogP contribution in [0.1, 0.15) is 6.42 Å². The molecule has 3 aromatic rings. The lowest BCUT2D eigenvalue weighted by Crippen LogP contribution is -2.44. The van der Waals surface area contributed by atoms with Gasteiger partial charge in [-0.05, 0) is 36.1 Å². The fourth-order valence-corrected chi connectivity index (χ4v) is 5.84. The van der Waals surface area contributed by atoms with Crippen molar-refractivity contribution >= 4 is 32.8 Å². The number of anilines is 1. The zero-order valence-electron chi connectivity index (χ0n) is 15.5. The Morgan fingerprint density at radius 3 is 2.59 bits per heavy atom. The van der Waals surface area contributed by atoms with E-state index < -0.39 is 15.9 Å². The molecule has 1 atom stereocenters. The summed E-state index contributed by atoms with van der Waals surface area (Å²) in [5.74, 6) is -0.387. The van der Waals surface area contributed by atoms with Crippen LogP contribution in [0.3, 0.4) is 0 Å². The van der Waals surface area contributed by atoms with E-state index in [0.717, 1.165) is 9.56 Å². The Hall–Kier alpha value is -2.78. The minimum absolute atomic E-state index is 0.0559. The summed E-state index contributed by atoms with van der Waals surface area (Å²) in [7, 11) is -3.18. The van der Waals surface area contributed by atoms with Crippen LogP contribution in [0.2, 0.25) is 0 Å². The van der Waals surface area contributed by atoms with E-state index in [4.69, 9.17) is 0 Å². The number of thiophene rings is 1. The summed E-state index contributed by atoms with van der Waals surface area (Å²) in [6, 6.07) is 15.3. The van der Waals surface area contributed by atoms with Crippen LogP contribution in [-0.4, -0.2) is 41.7 Å². The van der Waals surface area contributed by atoms with Gasteiger partial charge in [-0.2, -0.15) is 5.10 Å². The lowest BCUT2D eigenvalue weighted by atomic mass is 10.1. The smallest absolute Gasteiger partial charge is 0.267 e. The zero-order valence-corrected chi connectivity index (χ0v) is 17.1. The van der Waals surface area contributed by atoms with Crippen LogP contribution in [0.25, 0.3) is 10.6 Å². The standard InChI is InChI=1S/C20H19N3O4S2/c24-19-9-8-17(18-7-4-11-28-18)21-22(19)13-20(25)23(15-5-2-1-3-6-15)16-10-12-29(26,27)14-16/h1-9,11,16H,10,12-14H2/t16-/m1/s1. The van der Waals surface area contributed by atoms with Gasteiger partial charge in [0.05, 0.1) is 22.4 Å². The Bertz CT molecular complexity index is 1170. The van der Waals surface area contributed by atoms with Gasteiger partial charge in [0.25, 0.3) is 5.56 Å². The molecule has 0 spiro atoms. The first-order chi connectivity index (χ1) is 13.9. The molecular formula is C20H19N3O4S2. The van der Waals surface area contributed by atoms with Crippen molar-refractivity contribution in [1.29, 1.82) is 0 Å². The van der Waals surface area contributed by atoms with E-state index in [9.17, 15) is 18.0 Å². The summed E-state index contributed by atoms with van der Waals surface area (Å²) in [6.45, 7) is -0.260. The third-order valence-corrected chi connectivity index (χ3v) is 7.44. The van der Waals surface area contributed by atoms with Crippen LogP contribution in [0.5, 0.6) is 0 Å². The van der Waals surface area contributed by atoms with E-state index >= 15 is 0 Å². The van der Waals surface area contributed by atoms with Gasteiger partial charge >= 0.3 is 0 Å². The van der Waals surface area contributed by atoms with Crippen LogP contribution in [0.4, 0.5) is 5.69 Å². The quantitative estimate of drug-likeness (QED) is 0.620. The normalized spacial score (nSPS) is 17.9. The summed E-state index contributed by atoms with van der Waals surface area (Å²) in [5, 5.41) is 6.25. The Morgan fingerprint density at radius 2 is 1.93 bits per heavy atom. The lowest BCUT2D eigenvalue weighted by Gasteiger charge is -2.28. The van der Waals surface area contributed by atoms with Crippen LogP contribution in [-0.2, 0) is 21.2 Å². The molecule has 0 unspecified atom stereocenters. The molecule has 9 heteroatoms. The average Bonchev–Trinajstić information content (AvgIpc) is 3.35. The van der Waals surface area contributed by atoms with Crippen LogP contribution in [0.15, 0.2) is 64.8 Å². The van der Waals surface area contributed by atoms with Crippen molar-refractivity contribution in [1.82, 2.24) is 9.78 Å². The van der Waals surface area contributed by atoms with Gasteiger partial charge < -0.3 is 4.90 Å². The van der Waals surface area contributed by atoms with E-state index in [1.54, 1.807) is 30.3 Å². The van der Waals surface area contributed by atoms with Gasteiger partial charge in [0, 0.05) is 11.8 Å². The van der Waals surface area contributed by atoms with Crippen LogP contribution in [0, 0.1) is 0 Å². The maximum atomic E-state index is 13.2. The number of amides is 1. The van der Waals surface area contributed by atoms with E-state index in [2.05, 4.69) is 5.10 Å². The molecule has 1 aromatic carbocycles. The molecule has 1 saturated heterocycles. The third kappa shape index (κ3) is 4.30. The molecule has 2 aromatic heterocycles. The van der Waals surface area contributed by atoms with Crippen molar-refractivity contribution in [2.45, 2.75) is 19.0 Å². The Labute approximate surface area is 172 Å². The monoisotopic (exact) mass is 429 g/mol. The molecule has 1 aliphatic rings. The van der Waals surface area contributed by atoms with Crippen molar-refractivity contribution in [2.24, 2.45) is 0 Å². The van der Waals surface area contributed by atoms with E-state index in [-0.39, 0.29) is 29.5 Å². The van der Waals surface area contributed by atoms with Gasteiger partial charge in [-0.1, -0.05) is 24.3 Å². The summed E-state index contributed by atoms with van der Waals surface area (Å²) < 4.78 is 25.1. The molecule has 1 amide bonds. The molecular weight excluding hydrogens is 410 g/mol. The van der Waals surface area contributed by atoms with E-state index in [1.807, 2.05) is 23.6 Å². The lowest BCUT2D eigenvalue weighted by molar-refractivity contribution is -0.119. The first-order valence-corrected chi connectivity index (χ1v) is 11.8. The first-order valence-electron chi connectivity index (χ1n) is 9.12. The van der Waals surface area contributed by atoms with Crippen molar-refractivity contribution in [3.63, 3.8) is 0 Å². The molecule has 0 N–H and O–H groups in total. The Kier molecular flexibility index (Phi) is 5.33. The number of carbonyl (C=O) groups excluding carboxylic acids is 1. The van der Waals surface area contributed by atoms with E-state index in [0.29, 0.717) is 17.8 Å². The fourth-order valence-electron chi connectivity index (χ4n) is 3.45. The molecule has 0 aliphatic carbocycles. The second kappa shape index (κ2) is 7.92. The van der Waals surface area contributed by atoms with Crippen molar-refractivity contribution in [3.8, 4) is 10.6 Å². The fraction of sp³-hybridized carbons (Fsp3) is 0.250. The number of para-hydroxylation sites is 1. The summed E-state index contributed by atoms with van der Waals surface area (Å²) in [4.78, 5) is 27.9. The molecule has 3 heterocycles. The molecule has 1 aliphatic heterocycles. The maximum Gasteiger partial charge on any atom is 0.267 e. The number of benzene rings is 1. The van der Waals surface area contributed by atoms with Crippen molar-refractivity contribution < 1.29 is 13.2 Å². The molecule has 150 valence electrons. The predicted molar refractivity (Wildman–Crippen MR) is 113 cm³/mol. The second-order valence-corrected chi connectivity index (χ2v) is 10.0. The minimum atomic E-state index is -3.18. The van der Waals surface area contributed by atoms with E-state index in [1.165, 1.54) is 22.3 Å². The number of hydrogen-bond donors (Lipinski definition) is 0.